The molecule has 1 N–H and O–H groups in total. The number of nitrogens with one attached hydrogen (secondary N) is 1. The van der Waals surface area contributed by atoms with Crippen molar-refractivity contribution in [2.45, 2.75) is 54.6 Å². The van der Waals surface area contributed by atoms with Gasteiger partial charge in [-0.1, -0.05) is 30.3 Å². The van der Waals surface area contributed by atoms with Gasteiger partial charge in [0.05, 0.1) is 17.0 Å². The molecule has 0 saturated heterocycles. The Balaban J connectivity index is 2.52. The van der Waals surface area contributed by atoms with Gasteiger partial charge in [0.25, 0.3) is 0 Å². The van der Waals surface area contributed by atoms with Crippen molar-refractivity contribution in [3.8, 4) is 0 Å². The van der Waals surface area contributed by atoms with Crippen LogP contribution in [-0.4, -0.2) is 44.3 Å². The molecule has 0 radical (unpaired) electrons. The van der Waals surface area contributed by atoms with Gasteiger partial charge < -0.3 is 19.5 Å². The van der Waals surface area contributed by atoms with Crippen molar-refractivity contribution in [1.82, 2.24) is 5.32 Å². The fourth-order valence-corrected chi connectivity index (χ4v) is 3.46. The van der Waals surface area contributed by atoms with Crippen LogP contribution in [0.1, 0.15) is 53.5 Å². The van der Waals surface area contributed by atoms with Gasteiger partial charge in [0.15, 0.2) is 0 Å². The Morgan fingerprint density at radius 3 is 1.79 bits per heavy atom. The third-order valence-corrected chi connectivity index (χ3v) is 6.06. The topological polar surface area (TPSA) is 126 Å². The van der Waals surface area contributed by atoms with Crippen molar-refractivity contribution in [3.63, 3.8) is 0 Å². The summed E-state index contributed by atoms with van der Waals surface area (Å²) in [5.41, 5.74) is -0.681. The van der Waals surface area contributed by atoms with Crippen LogP contribution in [0, 0.1) is 10.8 Å². The number of alkyl carbamates (subject to hydrolysis) is 1. The SMILES string of the molecule is CC(C)(C)C(=O)OCOP(=O)(CCCNC(=O)OCc1ccccc1)OCOC(=O)C(C)(C)C. The highest BCUT2D eigenvalue weighted by Crippen LogP contribution is 2.48. The van der Waals surface area contributed by atoms with Crippen LogP contribution < -0.4 is 5.32 Å². The summed E-state index contributed by atoms with van der Waals surface area (Å²) in [4.78, 5) is 35.6. The standard InChI is InChI=1S/C23H36NO9P/c1-22(2,3)19(25)30-16-32-34(28,33-17-31-20(26)23(4,5)6)14-10-13-24-21(27)29-15-18-11-8-7-9-12-18/h7-9,11-12H,10,13-17H2,1-6H3,(H,24,27). The maximum Gasteiger partial charge on any atom is 0.407 e. The molecule has 0 atom stereocenters. The molecule has 0 aliphatic carbocycles. The molecule has 0 aliphatic heterocycles. The number of esters is 2. The molecule has 1 amide bonds. The number of ether oxygens (including phenoxy) is 3. The minimum atomic E-state index is -3.81. The Labute approximate surface area is 201 Å². The van der Waals surface area contributed by atoms with E-state index in [0.717, 1.165) is 5.56 Å². The minimum Gasteiger partial charge on any atom is -0.445 e. The van der Waals surface area contributed by atoms with E-state index in [9.17, 15) is 18.9 Å². The number of carbonyl (C=O) groups excluding carboxylic acids is 3. The van der Waals surface area contributed by atoms with Gasteiger partial charge in [-0.25, -0.2) is 4.79 Å². The van der Waals surface area contributed by atoms with Gasteiger partial charge in [-0.3, -0.25) is 23.2 Å². The number of benzene rings is 1. The first-order valence-corrected chi connectivity index (χ1v) is 12.6. The Morgan fingerprint density at radius 2 is 1.32 bits per heavy atom. The molecular formula is C23H36NO9P. The van der Waals surface area contributed by atoms with E-state index in [1.807, 2.05) is 30.3 Å². The summed E-state index contributed by atoms with van der Waals surface area (Å²) in [6.45, 7) is 9.07. The Kier molecular flexibility index (Phi) is 11.7. The van der Waals surface area contributed by atoms with Gasteiger partial charge in [0, 0.05) is 6.54 Å². The molecule has 0 fully saturated rings. The van der Waals surface area contributed by atoms with Gasteiger partial charge in [-0.15, -0.1) is 0 Å². The van der Waals surface area contributed by atoms with Crippen LogP contribution in [0.4, 0.5) is 4.79 Å². The molecule has 0 unspecified atom stereocenters. The first-order valence-electron chi connectivity index (χ1n) is 10.9. The monoisotopic (exact) mass is 501 g/mol. The molecule has 11 heteroatoms. The second-order valence-electron chi connectivity index (χ2n) is 9.53. The smallest absolute Gasteiger partial charge is 0.407 e. The largest absolute Gasteiger partial charge is 0.445 e. The Bertz CT molecular complexity index is 808. The van der Waals surface area contributed by atoms with Crippen LogP contribution in [0.15, 0.2) is 30.3 Å². The summed E-state index contributed by atoms with van der Waals surface area (Å²) < 4.78 is 38.6. The van der Waals surface area contributed by atoms with Gasteiger partial charge in [0.1, 0.15) is 6.61 Å². The van der Waals surface area contributed by atoms with E-state index in [-0.39, 0.29) is 25.7 Å². The molecule has 1 rings (SSSR count). The van der Waals surface area contributed by atoms with Crippen LogP contribution in [0.2, 0.25) is 0 Å². The lowest BCUT2D eigenvalue weighted by molar-refractivity contribution is -0.162. The molecule has 0 saturated carbocycles. The zero-order valence-corrected chi connectivity index (χ0v) is 21.6. The van der Waals surface area contributed by atoms with Crippen molar-refractivity contribution < 1.29 is 42.2 Å². The molecule has 192 valence electrons. The minimum absolute atomic E-state index is 0.119. The number of rotatable bonds is 12. The molecule has 1 aromatic carbocycles. The predicted octanol–water partition coefficient (Wildman–Crippen LogP) is 4.62. The van der Waals surface area contributed by atoms with E-state index < -0.39 is 50.0 Å². The lowest BCUT2D eigenvalue weighted by Gasteiger charge is -2.22. The third-order valence-electron chi connectivity index (χ3n) is 4.19. The van der Waals surface area contributed by atoms with Crippen molar-refractivity contribution >= 4 is 25.6 Å². The van der Waals surface area contributed by atoms with Gasteiger partial charge in [0.2, 0.25) is 13.6 Å². The molecule has 0 bridgehead atoms. The summed E-state index contributed by atoms with van der Waals surface area (Å²) in [6, 6.07) is 9.20. The second kappa shape index (κ2) is 13.5. The molecule has 0 spiro atoms. The molecule has 34 heavy (non-hydrogen) atoms. The number of hydrogen-bond acceptors (Lipinski definition) is 9. The summed E-state index contributed by atoms with van der Waals surface area (Å²) in [7, 11) is -3.81. The fraction of sp³-hybridized carbons (Fsp3) is 0.609. The number of carbonyl (C=O) groups is 3. The second-order valence-corrected chi connectivity index (χ2v) is 11.7. The molecular weight excluding hydrogens is 465 g/mol. The van der Waals surface area contributed by atoms with Crippen LogP contribution in [0.3, 0.4) is 0 Å². The molecule has 1 aromatic rings. The van der Waals surface area contributed by atoms with Gasteiger partial charge in [-0.05, 0) is 53.5 Å². The van der Waals surface area contributed by atoms with E-state index in [0.29, 0.717) is 0 Å². The normalized spacial score (nSPS) is 12.1. The molecule has 0 aliphatic rings. The molecule has 10 nitrogen and oxygen atoms in total. The van der Waals surface area contributed by atoms with Gasteiger partial charge >= 0.3 is 25.6 Å². The Morgan fingerprint density at radius 1 is 0.824 bits per heavy atom. The summed E-state index contributed by atoms with van der Waals surface area (Å²) in [6.07, 6.45) is -0.539. The lowest BCUT2D eigenvalue weighted by atomic mass is 9.98. The zero-order chi connectivity index (χ0) is 25.8. The van der Waals surface area contributed by atoms with Crippen LogP contribution in [-0.2, 0) is 44.0 Å². The van der Waals surface area contributed by atoms with E-state index in [4.69, 9.17) is 23.3 Å². The van der Waals surface area contributed by atoms with Crippen molar-refractivity contribution in [1.29, 1.82) is 0 Å². The van der Waals surface area contributed by atoms with E-state index >= 15 is 0 Å². The average molecular weight is 502 g/mol. The van der Waals surface area contributed by atoms with Crippen molar-refractivity contribution in [2.24, 2.45) is 10.8 Å². The van der Waals surface area contributed by atoms with Crippen LogP contribution >= 0.6 is 7.60 Å². The summed E-state index contributed by atoms with van der Waals surface area (Å²) >= 11 is 0. The van der Waals surface area contributed by atoms with E-state index in [2.05, 4.69) is 5.32 Å². The summed E-state index contributed by atoms with van der Waals surface area (Å²) in [5.74, 6) is -1.08. The Hall–Kier alpha value is -2.42. The maximum atomic E-state index is 13.1. The fourth-order valence-electron chi connectivity index (χ4n) is 2.16. The first kappa shape index (κ1) is 29.6. The van der Waals surface area contributed by atoms with E-state index in [1.54, 1.807) is 41.5 Å². The maximum absolute atomic E-state index is 13.1. The number of amides is 1. The predicted molar refractivity (Wildman–Crippen MR) is 125 cm³/mol. The van der Waals surface area contributed by atoms with Crippen LogP contribution in [0.5, 0.6) is 0 Å². The van der Waals surface area contributed by atoms with Crippen LogP contribution in [0.25, 0.3) is 0 Å². The molecule has 0 aromatic heterocycles. The first-order chi connectivity index (χ1) is 15.7. The van der Waals surface area contributed by atoms with Crippen molar-refractivity contribution in [2.75, 3.05) is 26.3 Å². The quantitative estimate of drug-likeness (QED) is 0.143. The third kappa shape index (κ3) is 12.2. The number of hydrogen-bond donors (Lipinski definition) is 1. The zero-order valence-electron chi connectivity index (χ0n) is 20.8. The van der Waals surface area contributed by atoms with E-state index in [1.165, 1.54) is 0 Å². The highest BCUT2D eigenvalue weighted by atomic mass is 31.2. The molecule has 0 heterocycles. The highest BCUT2D eigenvalue weighted by molar-refractivity contribution is 7.53. The van der Waals surface area contributed by atoms with Crippen molar-refractivity contribution in [3.05, 3.63) is 35.9 Å². The van der Waals surface area contributed by atoms with Gasteiger partial charge in [-0.2, -0.15) is 0 Å². The lowest BCUT2D eigenvalue weighted by Crippen LogP contribution is -2.26. The highest BCUT2D eigenvalue weighted by Gasteiger charge is 2.29. The summed E-state index contributed by atoms with van der Waals surface area (Å²) in [5, 5.41) is 2.55. The average Bonchev–Trinajstić information content (AvgIpc) is 2.74.